The summed E-state index contributed by atoms with van der Waals surface area (Å²) < 4.78 is 14.2. The fourth-order valence-corrected chi connectivity index (χ4v) is 4.36. The lowest BCUT2D eigenvalue weighted by atomic mass is 9.93. The summed E-state index contributed by atoms with van der Waals surface area (Å²) in [7, 11) is 0. The van der Waals surface area contributed by atoms with Crippen molar-refractivity contribution >= 4 is 22.7 Å². The standard InChI is InChI=1S/C23H28FN5/c1-15(2)13-17-7-4-5-12-29(14-17)20-10-9-18(16(3)24)21(26-20)22-19-8-6-11-25-23(19)28-27-22/h6,8-11,15,17H,3-5,7,12-14H2,1-2H3,(H,25,27,28). The molecule has 1 aliphatic rings. The summed E-state index contributed by atoms with van der Waals surface area (Å²) in [4.78, 5) is 11.5. The zero-order valence-corrected chi connectivity index (χ0v) is 17.2. The third-order valence-corrected chi connectivity index (χ3v) is 5.64. The first-order valence-corrected chi connectivity index (χ1v) is 10.4. The number of aromatic nitrogens is 4. The second-order valence-corrected chi connectivity index (χ2v) is 8.38. The maximum Gasteiger partial charge on any atom is 0.181 e. The van der Waals surface area contributed by atoms with E-state index in [0.717, 1.165) is 30.7 Å². The molecule has 0 saturated carbocycles. The molecule has 0 spiro atoms. The smallest absolute Gasteiger partial charge is 0.181 e. The van der Waals surface area contributed by atoms with E-state index in [0.29, 0.717) is 34.4 Å². The normalized spacial score (nSPS) is 17.7. The summed E-state index contributed by atoms with van der Waals surface area (Å²) in [5.74, 6) is 1.73. The van der Waals surface area contributed by atoms with E-state index in [-0.39, 0.29) is 0 Å². The van der Waals surface area contributed by atoms with Crippen LogP contribution in [-0.2, 0) is 0 Å². The monoisotopic (exact) mass is 393 g/mol. The third kappa shape index (κ3) is 4.16. The van der Waals surface area contributed by atoms with Gasteiger partial charge < -0.3 is 4.90 Å². The van der Waals surface area contributed by atoms with Crippen molar-refractivity contribution in [2.45, 2.75) is 39.5 Å². The van der Waals surface area contributed by atoms with Crippen LogP contribution in [0, 0.1) is 11.8 Å². The Morgan fingerprint density at radius 1 is 1.31 bits per heavy atom. The van der Waals surface area contributed by atoms with Crippen molar-refractivity contribution in [1.29, 1.82) is 0 Å². The fourth-order valence-electron chi connectivity index (χ4n) is 4.36. The number of fused-ring (bicyclic) bond motifs is 1. The van der Waals surface area contributed by atoms with Gasteiger partial charge in [0.2, 0.25) is 0 Å². The lowest BCUT2D eigenvalue weighted by Gasteiger charge is -2.27. The summed E-state index contributed by atoms with van der Waals surface area (Å²) in [6.07, 6.45) is 6.58. The van der Waals surface area contributed by atoms with E-state index in [1.807, 2.05) is 18.2 Å². The molecule has 0 aliphatic carbocycles. The van der Waals surface area contributed by atoms with Crippen molar-refractivity contribution in [1.82, 2.24) is 20.2 Å². The van der Waals surface area contributed by atoms with Crippen molar-refractivity contribution < 1.29 is 4.39 Å². The van der Waals surface area contributed by atoms with Gasteiger partial charge in [0.25, 0.3) is 0 Å². The molecule has 1 saturated heterocycles. The summed E-state index contributed by atoms with van der Waals surface area (Å²) in [5.41, 5.74) is 2.20. The van der Waals surface area contributed by atoms with E-state index >= 15 is 0 Å². The van der Waals surface area contributed by atoms with Crippen LogP contribution in [0.1, 0.15) is 45.1 Å². The summed E-state index contributed by atoms with van der Waals surface area (Å²) in [6.45, 7) is 10.0. The third-order valence-electron chi connectivity index (χ3n) is 5.64. The first-order valence-electron chi connectivity index (χ1n) is 10.4. The Kier molecular flexibility index (Phi) is 5.60. The molecular weight excluding hydrogens is 365 g/mol. The minimum atomic E-state index is -0.501. The molecule has 0 radical (unpaired) electrons. The van der Waals surface area contributed by atoms with Crippen LogP contribution in [0.15, 0.2) is 37.0 Å². The van der Waals surface area contributed by atoms with Gasteiger partial charge in [0.1, 0.15) is 17.3 Å². The Hall–Kier alpha value is -2.76. The molecule has 1 N–H and O–H groups in total. The second-order valence-electron chi connectivity index (χ2n) is 8.38. The molecule has 4 rings (SSSR count). The van der Waals surface area contributed by atoms with Crippen LogP contribution in [0.3, 0.4) is 0 Å². The van der Waals surface area contributed by atoms with E-state index in [1.165, 1.54) is 19.3 Å². The van der Waals surface area contributed by atoms with Gasteiger partial charge in [-0.1, -0.05) is 26.8 Å². The van der Waals surface area contributed by atoms with Crippen molar-refractivity contribution in [2.75, 3.05) is 18.0 Å². The SMILES string of the molecule is C=C(F)c1ccc(N2CCCCC(CC(C)C)C2)nc1-c1[nH]nc2ncccc12. The maximum atomic E-state index is 14.2. The number of hydrogen-bond donors (Lipinski definition) is 1. The molecule has 0 bridgehead atoms. The zero-order chi connectivity index (χ0) is 20.4. The molecule has 0 amide bonds. The van der Waals surface area contributed by atoms with Crippen molar-refractivity contribution in [2.24, 2.45) is 11.8 Å². The average Bonchev–Trinajstić information content (AvgIpc) is 2.99. The molecule has 3 aromatic rings. The minimum absolute atomic E-state index is 0.386. The van der Waals surface area contributed by atoms with Crippen LogP contribution in [0.4, 0.5) is 10.2 Å². The molecule has 1 unspecified atom stereocenters. The van der Waals surface area contributed by atoms with Gasteiger partial charge in [-0.25, -0.2) is 14.4 Å². The highest BCUT2D eigenvalue weighted by atomic mass is 19.1. The fraction of sp³-hybridized carbons (Fsp3) is 0.435. The number of nitrogens with one attached hydrogen (secondary N) is 1. The Labute approximate surface area is 171 Å². The molecular formula is C23H28FN5. The Bertz CT molecular complexity index is 1010. The maximum absolute atomic E-state index is 14.2. The molecule has 1 aliphatic heterocycles. The number of nitrogens with zero attached hydrogens (tertiary/aromatic N) is 4. The average molecular weight is 394 g/mol. The number of pyridine rings is 2. The summed E-state index contributed by atoms with van der Waals surface area (Å²) in [6, 6.07) is 7.47. The Morgan fingerprint density at radius 2 is 2.17 bits per heavy atom. The predicted octanol–water partition coefficient (Wildman–Crippen LogP) is 5.61. The van der Waals surface area contributed by atoms with Gasteiger partial charge in [0.05, 0.1) is 5.69 Å². The molecule has 0 aromatic carbocycles. The van der Waals surface area contributed by atoms with E-state index in [4.69, 9.17) is 4.98 Å². The Morgan fingerprint density at radius 3 is 2.97 bits per heavy atom. The molecule has 29 heavy (non-hydrogen) atoms. The summed E-state index contributed by atoms with van der Waals surface area (Å²) >= 11 is 0. The van der Waals surface area contributed by atoms with Crippen molar-refractivity contribution in [3.05, 3.63) is 42.6 Å². The van der Waals surface area contributed by atoms with Gasteiger partial charge in [-0.05, 0) is 55.4 Å². The predicted molar refractivity (Wildman–Crippen MR) is 116 cm³/mol. The second kappa shape index (κ2) is 8.31. The van der Waals surface area contributed by atoms with Crippen LogP contribution < -0.4 is 4.90 Å². The van der Waals surface area contributed by atoms with E-state index < -0.39 is 5.83 Å². The van der Waals surface area contributed by atoms with Gasteiger partial charge in [-0.15, -0.1) is 0 Å². The highest BCUT2D eigenvalue weighted by Gasteiger charge is 2.22. The van der Waals surface area contributed by atoms with Gasteiger partial charge in [0, 0.05) is 30.2 Å². The number of aromatic amines is 1. The highest BCUT2D eigenvalue weighted by Crippen LogP contribution is 2.33. The van der Waals surface area contributed by atoms with Crippen LogP contribution in [0.5, 0.6) is 0 Å². The molecule has 3 aromatic heterocycles. The van der Waals surface area contributed by atoms with Crippen molar-refractivity contribution in [3.8, 4) is 11.4 Å². The van der Waals surface area contributed by atoms with Crippen LogP contribution in [0.25, 0.3) is 28.2 Å². The lowest BCUT2D eigenvalue weighted by Crippen LogP contribution is -2.29. The topological polar surface area (TPSA) is 57.7 Å². The highest BCUT2D eigenvalue weighted by molar-refractivity contribution is 5.92. The van der Waals surface area contributed by atoms with Crippen LogP contribution >= 0.6 is 0 Å². The van der Waals surface area contributed by atoms with Gasteiger partial charge in [-0.2, -0.15) is 5.10 Å². The van der Waals surface area contributed by atoms with Gasteiger partial charge in [-0.3, -0.25) is 5.10 Å². The minimum Gasteiger partial charge on any atom is -0.356 e. The molecule has 1 fully saturated rings. The first kappa shape index (κ1) is 19.6. The number of rotatable bonds is 5. The lowest BCUT2D eigenvalue weighted by molar-refractivity contribution is 0.394. The molecule has 152 valence electrons. The number of hydrogen-bond acceptors (Lipinski definition) is 4. The molecule has 5 nitrogen and oxygen atoms in total. The first-order chi connectivity index (χ1) is 14.0. The quantitative estimate of drug-likeness (QED) is 0.612. The van der Waals surface area contributed by atoms with Gasteiger partial charge >= 0.3 is 0 Å². The largest absolute Gasteiger partial charge is 0.356 e. The van der Waals surface area contributed by atoms with Crippen LogP contribution in [0.2, 0.25) is 0 Å². The number of H-pyrrole nitrogens is 1. The molecule has 1 atom stereocenters. The molecule has 4 heterocycles. The number of anilines is 1. The van der Waals surface area contributed by atoms with Crippen LogP contribution in [-0.4, -0.2) is 33.3 Å². The van der Waals surface area contributed by atoms with E-state index in [1.54, 1.807) is 12.3 Å². The summed E-state index contributed by atoms with van der Waals surface area (Å²) in [5, 5.41) is 8.08. The molecule has 6 heteroatoms. The number of halogens is 1. The van der Waals surface area contributed by atoms with E-state index in [2.05, 4.69) is 40.5 Å². The zero-order valence-electron chi connectivity index (χ0n) is 17.2. The van der Waals surface area contributed by atoms with E-state index in [9.17, 15) is 4.39 Å². The Balaban J connectivity index is 1.74. The van der Waals surface area contributed by atoms with Crippen molar-refractivity contribution in [3.63, 3.8) is 0 Å². The van der Waals surface area contributed by atoms with Gasteiger partial charge in [0.15, 0.2) is 5.65 Å².